The molecule has 1 aliphatic heterocycles. The summed E-state index contributed by atoms with van der Waals surface area (Å²) in [5, 5.41) is 0. The van der Waals surface area contributed by atoms with Crippen LogP contribution in [0.5, 0.6) is 0 Å². The molecule has 1 heterocycles. The number of carbonyl (C=O) groups is 1. The maximum Gasteiger partial charge on any atom is 0.416 e. The van der Waals surface area contributed by atoms with E-state index in [-0.39, 0.29) is 5.91 Å². The van der Waals surface area contributed by atoms with Crippen molar-refractivity contribution >= 4 is 11.6 Å². The first-order valence-electron chi connectivity index (χ1n) is 8.63. The fourth-order valence-electron chi connectivity index (χ4n) is 3.68. The summed E-state index contributed by atoms with van der Waals surface area (Å²) in [7, 11) is 0. The molecule has 1 amide bonds. The third-order valence-corrected chi connectivity index (χ3v) is 5.11. The molecule has 24 heavy (non-hydrogen) atoms. The molecular weight excluding hydrogens is 317 g/mol. The second-order valence-corrected chi connectivity index (χ2v) is 6.77. The minimum absolute atomic E-state index is 0.200. The number of benzene rings is 1. The van der Waals surface area contributed by atoms with Gasteiger partial charge in [0.15, 0.2) is 0 Å². The highest BCUT2D eigenvalue weighted by molar-refractivity contribution is 5.76. The number of rotatable bonds is 3. The zero-order valence-corrected chi connectivity index (χ0v) is 13.7. The Balaban J connectivity index is 1.56. The number of anilines is 1. The van der Waals surface area contributed by atoms with Gasteiger partial charge < -0.3 is 9.80 Å². The molecule has 1 saturated carbocycles. The minimum atomic E-state index is -4.32. The van der Waals surface area contributed by atoms with Gasteiger partial charge in [-0.1, -0.05) is 18.9 Å². The molecule has 2 fully saturated rings. The van der Waals surface area contributed by atoms with E-state index in [9.17, 15) is 18.0 Å². The van der Waals surface area contributed by atoms with E-state index in [1.165, 1.54) is 25.0 Å². The molecule has 1 aromatic carbocycles. The topological polar surface area (TPSA) is 23.6 Å². The highest BCUT2D eigenvalue weighted by Gasteiger charge is 2.31. The van der Waals surface area contributed by atoms with Crippen LogP contribution in [0.25, 0.3) is 0 Å². The third-order valence-electron chi connectivity index (χ3n) is 5.11. The van der Waals surface area contributed by atoms with Gasteiger partial charge in [-0.05, 0) is 37.0 Å². The van der Waals surface area contributed by atoms with Crippen molar-refractivity contribution in [2.45, 2.75) is 38.3 Å². The van der Waals surface area contributed by atoms with Crippen LogP contribution in [0.1, 0.15) is 37.7 Å². The molecule has 0 aromatic heterocycles. The zero-order chi connectivity index (χ0) is 17.2. The van der Waals surface area contributed by atoms with Gasteiger partial charge in [-0.25, -0.2) is 0 Å². The first-order valence-corrected chi connectivity index (χ1v) is 8.63. The molecule has 0 unspecified atom stereocenters. The lowest BCUT2D eigenvalue weighted by Crippen LogP contribution is -2.49. The van der Waals surface area contributed by atoms with Crippen molar-refractivity contribution in [1.82, 2.24) is 4.90 Å². The van der Waals surface area contributed by atoms with E-state index in [0.717, 1.165) is 18.9 Å². The van der Waals surface area contributed by atoms with Crippen LogP contribution in [0.2, 0.25) is 0 Å². The Kier molecular flexibility index (Phi) is 5.01. The summed E-state index contributed by atoms with van der Waals surface area (Å²) in [6, 6.07) is 5.42. The molecule has 1 aromatic rings. The maximum atomic E-state index is 12.8. The lowest BCUT2D eigenvalue weighted by molar-refractivity contribution is -0.137. The molecule has 0 spiro atoms. The molecule has 1 saturated heterocycles. The summed E-state index contributed by atoms with van der Waals surface area (Å²) in [5.74, 6) is 0.726. The van der Waals surface area contributed by atoms with Crippen LogP contribution in [0.3, 0.4) is 0 Å². The second-order valence-electron chi connectivity index (χ2n) is 6.77. The zero-order valence-electron chi connectivity index (χ0n) is 13.7. The smallest absolute Gasteiger partial charge is 0.368 e. The van der Waals surface area contributed by atoms with E-state index in [0.29, 0.717) is 44.2 Å². The minimum Gasteiger partial charge on any atom is -0.368 e. The first-order chi connectivity index (χ1) is 11.4. The van der Waals surface area contributed by atoms with Crippen molar-refractivity contribution in [3.63, 3.8) is 0 Å². The van der Waals surface area contributed by atoms with Crippen LogP contribution in [-0.2, 0) is 11.0 Å². The number of hydrogen-bond acceptors (Lipinski definition) is 2. The Morgan fingerprint density at radius 2 is 1.75 bits per heavy atom. The van der Waals surface area contributed by atoms with Gasteiger partial charge in [-0.2, -0.15) is 13.2 Å². The number of carbonyl (C=O) groups excluding carboxylic acids is 1. The van der Waals surface area contributed by atoms with Crippen molar-refractivity contribution in [3.05, 3.63) is 29.8 Å². The van der Waals surface area contributed by atoms with Crippen molar-refractivity contribution in [1.29, 1.82) is 0 Å². The highest BCUT2D eigenvalue weighted by Crippen LogP contribution is 2.32. The summed E-state index contributed by atoms with van der Waals surface area (Å²) in [5.41, 5.74) is -0.0487. The van der Waals surface area contributed by atoms with Crippen LogP contribution in [0.4, 0.5) is 18.9 Å². The molecule has 3 rings (SSSR count). The fraction of sp³-hybridized carbons (Fsp3) is 0.611. The van der Waals surface area contributed by atoms with Crippen LogP contribution >= 0.6 is 0 Å². The highest BCUT2D eigenvalue weighted by atomic mass is 19.4. The number of halogens is 3. The fourth-order valence-corrected chi connectivity index (χ4v) is 3.68. The summed E-state index contributed by atoms with van der Waals surface area (Å²) < 4.78 is 38.5. The second kappa shape index (κ2) is 7.03. The van der Waals surface area contributed by atoms with Crippen molar-refractivity contribution in [2.75, 3.05) is 31.1 Å². The maximum absolute atomic E-state index is 12.8. The van der Waals surface area contributed by atoms with E-state index in [4.69, 9.17) is 0 Å². The molecule has 0 radical (unpaired) electrons. The predicted molar refractivity (Wildman–Crippen MR) is 86.8 cm³/mol. The van der Waals surface area contributed by atoms with Crippen molar-refractivity contribution in [3.8, 4) is 0 Å². The Morgan fingerprint density at radius 1 is 1.08 bits per heavy atom. The number of piperazine rings is 1. The average Bonchev–Trinajstić information content (AvgIpc) is 3.07. The Morgan fingerprint density at radius 3 is 2.38 bits per heavy atom. The standard InChI is InChI=1S/C18H23F3N2O/c19-18(20,21)15-6-3-7-16(13-15)22-8-10-23(11-9-22)17(24)12-14-4-1-2-5-14/h3,6-7,13-14H,1-2,4-5,8-12H2. The monoisotopic (exact) mass is 340 g/mol. The summed E-state index contributed by atoms with van der Waals surface area (Å²) >= 11 is 0. The lowest BCUT2D eigenvalue weighted by atomic mass is 10.0. The number of alkyl halides is 3. The van der Waals surface area contributed by atoms with Crippen LogP contribution in [-0.4, -0.2) is 37.0 Å². The third kappa shape index (κ3) is 4.02. The van der Waals surface area contributed by atoms with Gasteiger partial charge in [0.1, 0.15) is 0 Å². The number of nitrogens with zero attached hydrogens (tertiary/aromatic N) is 2. The van der Waals surface area contributed by atoms with Gasteiger partial charge >= 0.3 is 6.18 Å². The van der Waals surface area contributed by atoms with E-state index >= 15 is 0 Å². The van der Waals surface area contributed by atoms with E-state index in [1.54, 1.807) is 6.07 Å². The quantitative estimate of drug-likeness (QED) is 0.832. The molecule has 0 N–H and O–H groups in total. The average molecular weight is 340 g/mol. The summed E-state index contributed by atoms with van der Waals surface area (Å²) in [6.07, 6.45) is 1.05. The predicted octanol–water partition coefficient (Wildman–Crippen LogP) is 3.93. The first kappa shape index (κ1) is 17.1. The van der Waals surface area contributed by atoms with Gasteiger partial charge in [-0.3, -0.25) is 4.79 Å². The van der Waals surface area contributed by atoms with Gasteiger partial charge in [-0.15, -0.1) is 0 Å². The van der Waals surface area contributed by atoms with Crippen molar-refractivity contribution in [2.24, 2.45) is 5.92 Å². The SMILES string of the molecule is O=C(CC1CCCC1)N1CCN(c2cccc(C(F)(F)F)c2)CC1. The van der Waals surface area contributed by atoms with Gasteiger partial charge in [0.25, 0.3) is 0 Å². The molecular formula is C18H23F3N2O. The molecule has 132 valence electrons. The Hall–Kier alpha value is -1.72. The van der Waals surface area contributed by atoms with Crippen LogP contribution in [0, 0.1) is 5.92 Å². The molecule has 6 heteroatoms. The number of amides is 1. The normalized spacial score (nSPS) is 19.8. The molecule has 0 atom stereocenters. The van der Waals surface area contributed by atoms with E-state index in [1.807, 2.05) is 9.80 Å². The van der Waals surface area contributed by atoms with E-state index < -0.39 is 11.7 Å². The molecule has 0 bridgehead atoms. The number of hydrogen-bond donors (Lipinski definition) is 0. The Bertz CT molecular complexity index is 574. The Labute approximate surface area is 140 Å². The summed E-state index contributed by atoms with van der Waals surface area (Å²) in [6.45, 7) is 2.33. The molecule has 3 nitrogen and oxygen atoms in total. The van der Waals surface area contributed by atoms with Crippen molar-refractivity contribution < 1.29 is 18.0 Å². The van der Waals surface area contributed by atoms with Crippen LogP contribution < -0.4 is 4.90 Å². The van der Waals surface area contributed by atoms with Gasteiger partial charge in [0, 0.05) is 38.3 Å². The molecule has 2 aliphatic rings. The lowest BCUT2D eigenvalue weighted by Gasteiger charge is -2.36. The van der Waals surface area contributed by atoms with E-state index in [2.05, 4.69) is 0 Å². The molecule has 1 aliphatic carbocycles. The van der Waals surface area contributed by atoms with Gasteiger partial charge in [0.05, 0.1) is 5.56 Å². The summed E-state index contributed by atoms with van der Waals surface area (Å²) in [4.78, 5) is 16.1. The largest absolute Gasteiger partial charge is 0.416 e. The van der Waals surface area contributed by atoms with Crippen LogP contribution in [0.15, 0.2) is 24.3 Å². The van der Waals surface area contributed by atoms with Gasteiger partial charge in [0.2, 0.25) is 5.91 Å².